The maximum absolute atomic E-state index is 12.6. The fraction of sp³-hybridized carbons (Fsp3) is 0.667. The van der Waals surface area contributed by atoms with Gasteiger partial charge in [-0.2, -0.15) is 0 Å². The Bertz CT molecular complexity index is 691. The van der Waals surface area contributed by atoms with Gasteiger partial charge in [-0.05, 0) is 51.7 Å². The van der Waals surface area contributed by atoms with E-state index in [1.807, 2.05) is 19.0 Å². The van der Waals surface area contributed by atoms with Crippen molar-refractivity contribution in [3.8, 4) is 0 Å². The fourth-order valence-electron chi connectivity index (χ4n) is 3.62. The fourth-order valence-corrected chi connectivity index (χ4v) is 3.62. The van der Waals surface area contributed by atoms with Crippen LogP contribution in [0.15, 0.2) is 23.8 Å². The van der Waals surface area contributed by atoms with Crippen LogP contribution in [-0.2, 0) is 23.9 Å². The van der Waals surface area contributed by atoms with Gasteiger partial charge in [-0.25, -0.2) is 0 Å². The molecule has 1 N–H and O–H groups in total. The molecule has 7 nitrogen and oxygen atoms in total. The maximum Gasteiger partial charge on any atom is 0.311 e. The van der Waals surface area contributed by atoms with E-state index in [1.165, 1.54) is 12.2 Å². The summed E-state index contributed by atoms with van der Waals surface area (Å²) >= 11 is 0. The van der Waals surface area contributed by atoms with E-state index in [2.05, 4.69) is 0 Å². The van der Waals surface area contributed by atoms with Crippen LogP contribution in [0.25, 0.3) is 0 Å². The normalized spacial score (nSPS) is 36.5. The van der Waals surface area contributed by atoms with Crippen molar-refractivity contribution in [2.75, 3.05) is 20.6 Å². The van der Waals surface area contributed by atoms with Crippen molar-refractivity contribution in [2.45, 2.75) is 51.9 Å². The Hall–Kier alpha value is -1.99. The lowest BCUT2D eigenvalue weighted by Crippen LogP contribution is -2.44. The Morgan fingerprint density at radius 2 is 2.04 bits per heavy atom. The highest BCUT2D eigenvalue weighted by atomic mass is 16.6. The van der Waals surface area contributed by atoms with E-state index in [0.717, 1.165) is 0 Å². The van der Waals surface area contributed by atoms with Crippen LogP contribution in [-0.4, -0.2) is 66.2 Å². The first-order valence-corrected chi connectivity index (χ1v) is 9.61. The number of ether oxygens (including phenoxy) is 2. The summed E-state index contributed by atoms with van der Waals surface area (Å²) in [7, 11) is 3.69. The van der Waals surface area contributed by atoms with Crippen LogP contribution < -0.4 is 0 Å². The molecule has 1 heterocycles. The molecule has 1 aliphatic carbocycles. The number of rotatable bonds is 4. The summed E-state index contributed by atoms with van der Waals surface area (Å²) in [5.74, 6) is -2.44. The first-order chi connectivity index (χ1) is 12.9. The second-order valence-corrected chi connectivity index (χ2v) is 8.59. The lowest BCUT2D eigenvalue weighted by atomic mass is 9.79. The van der Waals surface area contributed by atoms with Gasteiger partial charge in [0.25, 0.3) is 0 Å². The predicted molar refractivity (Wildman–Crippen MR) is 103 cm³/mol. The number of hydrogen-bond donors (Lipinski definition) is 1. The largest absolute Gasteiger partial charge is 0.462 e. The summed E-state index contributed by atoms with van der Waals surface area (Å²) < 4.78 is 11.3. The van der Waals surface area contributed by atoms with Crippen LogP contribution in [0.2, 0.25) is 0 Å². The standard InChI is InChI=1S/C21H31NO6/c1-12(2)19(24)28-17-10-21(4,26)8-7-15(23)13(3)9-16-18(17)14(11-22(5)6)20(25)27-16/h7-9,12,14,16-18,26H,10-11H2,1-6H3/b8-7+,13-9-/t14?,16-,17-,18+,21+/m1/s1. The zero-order valence-electron chi connectivity index (χ0n) is 17.5. The lowest BCUT2D eigenvalue weighted by molar-refractivity contribution is -0.160. The van der Waals surface area contributed by atoms with Crippen LogP contribution in [0.3, 0.4) is 0 Å². The van der Waals surface area contributed by atoms with E-state index < -0.39 is 41.6 Å². The van der Waals surface area contributed by atoms with Gasteiger partial charge in [0.2, 0.25) is 0 Å². The lowest BCUT2D eigenvalue weighted by Gasteiger charge is -2.34. The van der Waals surface area contributed by atoms with Gasteiger partial charge < -0.3 is 19.5 Å². The number of carbonyl (C=O) groups excluding carboxylic acids is 3. The summed E-state index contributed by atoms with van der Waals surface area (Å²) in [5.41, 5.74) is -0.968. The number of ketones is 1. The van der Waals surface area contributed by atoms with Crippen molar-refractivity contribution in [1.29, 1.82) is 0 Å². The molecule has 0 bridgehead atoms. The predicted octanol–water partition coefficient (Wildman–Crippen LogP) is 1.50. The molecule has 1 saturated heterocycles. The van der Waals surface area contributed by atoms with E-state index in [0.29, 0.717) is 12.1 Å². The third-order valence-electron chi connectivity index (χ3n) is 5.14. The Morgan fingerprint density at radius 1 is 1.39 bits per heavy atom. The first-order valence-electron chi connectivity index (χ1n) is 9.61. The number of carbonyl (C=O) groups is 3. The average molecular weight is 393 g/mol. The summed E-state index contributed by atoms with van der Waals surface area (Å²) in [5, 5.41) is 10.8. The summed E-state index contributed by atoms with van der Waals surface area (Å²) in [4.78, 5) is 39.1. The SMILES string of the molecule is C/C1=C/[C@H]2OC(=O)C(CN(C)C)[C@@H]2[C@H](OC(=O)C(C)C)C[C@@](C)(O)/C=C/C1=O. The monoisotopic (exact) mass is 393 g/mol. The highest BCUT2D eigenvalue weighted by Gasteiger charge is 2.50. The molecule has 1 aliphatic heterocycles. The van der Waals surface area contributed by atoms with Gasteiger partial charge in [0.15, 0.2) is 5.78 Å². The molecule has 0 radical (unpaired) electrons. The molecule has 0 aromatic heterocycles. The van der Waals surface area contributed by atoms with Gasteiger partial charge in [0.05, 0.1) is 23.4 Å². The number of fused-ring (bicyclic) bond motifs is 1. The van der Waals surface area contributed by atoms with Crippen molar-refractivity contribution < 1.29 is 29.0 Å². The van der Waals surface area contributed by atoms with E-state index in [1.54, 1.807) is 33.8 Å². The second-order valence-electron chi connectivity index (χ2n) is 8.59. The molecule has 0 aromatic carbocycles. The minimum Gasteiger partial charge on any atom is -0.462 e. The summed E-state index contributed by atoms with van der Waals surface area (Å²) in [6.45, 7) is 7.07. The molecule has 0 amide bonds. The van der Waals surface area contributed by atoms with E-state index >= 15 is 0 Å². The molecule has 0 saturated carbocycles. The van der Waals surface area contributed by atoms with E-state index in [-0.39, 0.29) is 18.1 Å². The van der Waals surface area contributed by atoms with Crippen LogP contribution in [0.1, 0.15) is 34.1 Å². The minimum absolute atomic E-state index is 0.0594. The Morgan fingerprint density at radius 3 is 2.61 bits per heavy atom. The number of aliphatic hydroxyl groups is 1. The number of allylic oxidation sites excluding steroid dienone is 2. The third kappa shape index (κ3) is 5.29. The van der Waals surface area contributed by atoms with Gasteiger partial charge in [0.1, 0.15) is 12.2 Å². The molecular formula is C21H31NO6. The Labute approximate surface area is 166 Å². The van der Waals surface area contributed by atoms with Crippen LogP contribution in [0, 0.1) is 17.8 Å². The van der Waals surface area contributed by atoms with Crippen molar-refractivity contribution in [3.05, 3.63) is 23.8 Å². The van der Waals surface area contributed by atoms with Crippen LogP contribution in [0.4, 0.5) is 0 Å². The highest BCUT2D eigenvalue weighted by Crippen LogP contribution is 2.38. The Balaban J connectivity index is 2.53. The summed E-state index contributed by atoms with van der Waals surface area (Å²) in [6.07, 6.45) is 2.97. The molecule has 7 heteroatoms. The van der Waals surface area contributed by atoms with Crippen molar-refractivity contribution >= 4 is 17.7 Å². The molecule has 2 aliphatic rings. The Kier molecular flexibility index (Phi) is 6.83. The zero-order valence-corrected chi connectivity index (χ0v) is 17.5. The first kappa shape index (κ1) is 22.3. The van der Waals surface area contributed by atoms with E-state index in [4.69, 9.17) is 9.47 Å². The zero-order chi connectivity index (χ0) is 21.2. The maximum atomic E-state index is 12.6. The molecule has 5 atom stereocenters. The second kappa shape index (κ2) is 8.57. The molecule has 1 fully saturated rings. The molecule has 28 heavy (non-hydrogen) atoms. The molecule has 1 unspecified atom stereocenters. The van der Waals surface area contributed by atoms with Gasteiger partial charge in [0, 0.05) is 13.0 Å². The average Bonchev–Trinajstić information content (AvgIpc) is 2.85. The third-order valence-corrected chi connectivity index (χ3v) is 5.14. The molecule has 0 spiro atoms. The molecular weight excluding hydrogens is 362 g/mol. The van der Waals surface area contributed by atoms with Crippen molar-refractivity contribution in [1.82, 2.24) is 4.90 Å². The summed E-state index contributed by atoms with van der Waals surface area (Å²) in [6, 6.07) is 0. The minimum atomic E-state index is -1.38. The van der Waals surface area contributed by atoms with Gasteiger partial charge in [-0.3, -0.25) is 14.4 Å². The van der Waals surface area contributed by atoms with Crippen LogP contribution >= 0.6 is 0 Å². The quantitative estimate of drug-likeness (QED) is 0.724. The van der Waals surface area contributed by atoms with Crippen molar-refractivity contribution in [3.63, 3.8) is 0 Å². The van der Waals surface area contributed by atoms with Gasteiger partial charge >= 0.3 is 11.9 Å². The topological polar surface area (TPSA) is 93.1 Å². The smallest absolute Gasteiger partial charge is 0.311 e. The highest BCUT2D eigenvalue weighted by molar-refractivity contribution is 6.03. The van der Waals surface area contributed by atoms with Crippen molar-refractivity contribution in [2.24, 2.45) is 17.8 Å². The molecule has 156 valence electrons. The van der Waals surface area contributed by atoms with E-state index in [9.17, 15) is 19.5 Å². The molecule has 0 aromatic rings. The van der Waals surface area contributed by atoms with Gasteiger partial charge in [-0.15, -0.1) is 0 Å². The molecule has 2 rings (SSSR count). The number of hydrogen-bond acceptors (Lipinski definition) is 7. The number of esters is 2. The number of nitrogens with zero attached hydrogens (tertiary/aromatic N) is 1. The van der Waals surface area contributed by atoms with Gasteiger partial charge in [-0.1, -0.05) is 13.8 Å². The van der Waals surface area contributed by atoms with Crippen LogP contribution in [0.5, 0.6) is 0 Å².